The molecule has 0 aliphatic carbocycles. The number of nitrogens with one attached hydrogen (secondary N) is 1. The van der Waals surface area contributed by atoms with E-state index in [1.54, 1.807) is 47.2 Å². The van der Waals surface area contributed by atoms with Crippen LogP contribution in [0.2, 0.25) is 0 Å². The number of para-hydroxylation sites is 1. The lowest BCUT2D eigenvalue weighted by Gasteiger charge is -2.13. The summed E-state index contributed by atoms with van der Waals surface area (Å²) in [6, 6.07) is 15.5. The van der Waals surface area contributed by atoms with Crippen LogP contribution in [0.25, 0.3) is 6.08 Å². The van der Waals surface area contributed by atoms with E-state index < -0.39 is 28.5 Å². The normalized spacial score (nSPS) is 14.6. The van der Waals surface area contributed by atoms with Gasteiger partial charge in [-0.3, -0.25) is 29.4 Å². The Labute approximate surface area is 205 Å². The van der Waals surface area contributed by atoms with Gasteiger partial charge in [-0.05, 0) is 67.1 Å². The summed E-state index contributed by atoms with van der Waals surface area (Å²) in [4.78, 5) is 49.8. The number of carbonyl (C=O) groups excluding carboxylic acids is 3. The molecule has 35 heavy (non-hydrogen) atoms. The molecule has 1 aliphatic rings. The molecule has 9 nitrogen and oxygen atoms in total. The van der Waals surface area contributed by atoms with Crippen molar-refractivity contribution in [3.05, 3.63) is 98.2 Å². The predicted octanol–water partition coefficient (Wildman–Crippen LogP) is 4.74. The van der Waals surface area contributed by atoms with Gasteiger partial charge >= 0.3 is 0 Å². The summed E-state index contributed by atoms with van der Waals surface area (Å²) in [5, 5.41) is 13.5. The van der Waals surface area contributed by atoms with Crippen molar-refractivity contribution in [3.63, 3.8) is 0 Å². The van der Waals surface area contributed by atoms with Gasteiger partial charge in [0.15, 0.2) is 0 Å². The zero-order valence-electron chi connectivity index (χ0n) is 19.1. The highest BCUT2D eigenvalue weighted by Crippen LogP contribution is 2.32. The maximum absolute atomic E-state index is 12.9. The first-order chi connectivity index (χ1) is 16.7. The molecule has 4 rings (SSSR count). The number of nitro groups is 1. The van der Waals surface area contributed by atoms with Gasteiger partial charge < -0.3 is 9.88 Å². The lowest BCUT2D eigenvalue weighted by Crippen LogP contribution is -2.36. The Bertz CT molecular complexity index is 1360. The number of hydrogen-bond donors (Lipinski definition) is 1. The fourth-order valence-corrected chi connectivity index (χ4v) is 4.69. The molecule has 178 valence electrons. The van der Waals surface area contributed by atoms with Crippen LogP contribution in [0.1, 0.15) is 22.4 Å². The van der Waals surface area contributed by atoms with E-state index in [4.69, 9.17) is 0 Å². The molecule has 3 amide bonds. The largest absolute Gasteiger partial charge is 0.343 e. The van der Waals surface area contributed by atoms with Crippen LogP contribution in [-0.2, 0) is 16.1 Å². The van der Waals surface area contributed by atoms with E-state index in [1.807, 2.05) is 32.0 Å². The van der Waals surface area contributed by atoms with E-state index in [1.165, 1.54) is 6.07 Å². The first-order valence-corrected chi connectivity index (χ1v) is 11.5. The van der Waals surface area contributed by atoms with Crippen LogP contribution in [0.5, 0.6) is 0 Å². The average molecular weight is 491 g/mol. The fourth-order valence-electron chi connectivity index (χ4n) is 3.87. The summed E-state index contributed by atoms with van der Waals surface area (Å²) in [5.74, 6) is -1.03. The second-order valence-electron chi connectivity index (χ2n) is 8.14. The number of carbonyl (C=O) groups is 3. The highest BCUT2D eigenvalue weighted by atomic mass is 32.2. The maximum Gasteiger partial charge on any atom is 0.294 e. The van der Waals surface area contributed by atoms with Gasteiger partial charge in [0.25, 0.3) is 16.8 Å². The molecule has 0 unspecified atom stereocenters. The second kappa shape index (κ2) is 9.98. The number of rotatable bonds is 7. The van der Waals surface area contributed by atoms with Gasteiger partial charge in [-0.25, -0.2) is 0 Å². The molecule has 1 saturated heterocycles. The third-order valence-corrected chi connectivity index (χ3v) is 6.26. The van der Waals surface area contributed by atoms with Crippen molar-refractivity contribution in [1.29, 1.82) is 0 Å². The molecule has 0 radical (unpaired) electrons. The lowest BCUT2D eigenvalue weighted by atomic mass is 10.1. The van der Waals surface area contributed by atoms with Crippen LogP contribution in [0, 0.1) is 24.0 Å². The van der Waals surface area contributed by atoms with E-state index >= 15 is 0 Å². The van der Waals surface area contributed by atoms with Crippen LogP contribution >= 0.6 is 11.8 Å². The quantitative estimate of drug-likeness (QED) is 0.291. The summed E-state index contributed by atoms with van der Waals surface area (Å²) >= 11 is 0.753. The number of benzene rings is 2. The third-order valence-electron chi connectivity index (χ3n) is 5.35. The van der Waals surface area contributed by atoms with Crippen LogP contribution in [0.4, 0.5) is 16.2 Å². The summed E-state index contributed by atoms with van der Waals surface area (Å²) in [6.45, 7) is 3.65. The molecule has 3 aromatic rings. The molecule has 2 heterocycles. The number of anilines is 1. The molecule has 1 aromatic heterocycles. The van der Waals surface area contributed by atoms with Crippen molar-refractivity contribution < 1.29 is 19.3 Å². The number of hydrogen-bond acceptors (Lipinski definition) is 6. The minimum absolute atomic E-state index is 0.00212. The smallest absolute Gasteiger partial charge is 0.294 e. The Hall–Kier alpha value is -4.18. The van der Waals surface area contributed by atoms with Crippen molar-refractivity contribution in [2.45, 2.75) is 20.4 Å². The Morgan fingerprint density at radius 3 is 2.51 bits per heavy atom. The van der Waals surface area contributed by atoms with Crippen molar-refractivity contribution >= 4 is 46.3 Å². The van der Waals surface area contributed by atoms with Crippen molar-refractivity contribution in [3.8, 4) is 0 Å². The Balaban J connectivity index is 1.48. The first-order valence-electron chi connectivity index (χ1n) is 10.7. The molecule has 1 fully saturated rings. The predicted molar refractivity (Wildman–Crippen MR) is 134 cm³/mol. The maximum atomic E-state index is 12.9. The van der Waals surface area contributed by atoms with Crippen LogP contribution in [0.3, 0.4) is 0 Å². The van der Waals surface area contributed by atoms with Gasteiger partial charge in [-0.15, -0.1) is 0 Å². The molecule has 1 N–H and O–H groups in total. The number of nitro benzene ring substituents is 1. The van der Waals surface area contributed by atoms with Crippen LogP contribution in [0.15, 0.2) is 65.7 Å². The molecule has 0 atom stereocenters. The monoisotopic (exact) mass is 490 g/mol. The summed E-state index contributed by atoms with van der Waals surface area (Å²) in [5.41, 5.74) is 3.69. The SMILES string of the molecule is Cc1cc(C)cc(NC(=O)CN2C(=O)S/C(=C/c3cccn3Cc3ccccc3[N+](=O)[O-])C2=O)c1. The van der Waals surface area contributed by atoms with Crippen molar-refractivity contribution in [2.75, 3.05) is 11.9 Å². The molecule has 10 heteroatoms. The van der Waals surface area contributed by atoms with Gasteiger partial charge in [-0.2, -0.15) is 0 Å². The third kappa shape index (κ3) is 5.49. The van der Waals surface area contributed by atoms with Crippen LogP contribution < -0.4 is 5.32 Å². The van der Waals surface area contributed by atoms with E-state index in [0.29, 0.717) is 16.9 Å². The zero-order valence-corrected chi connectivity index (χ0v) is 19.9. The molecule has 1 aliphatic heterocycles. The molecule has 0 saturated carbocycles. The second-order valence-corrected chi connectivity index (χ2v) is 9.13. The number of thioether (sulfide) groups is 1. The number of aromatic nitrogens is 1. The number of aryl methyl sites for hydroxylation is 2. The average Bonchev–Trinajstić information content (AvgIpc) is 3.32. The highest BCUT2D eigenvalue weighted by Gasteiger charge is 2.36. The van der Waals surface area contributed by atoms with E-state index in [2.05, 4.69) is 5.32 Å². The van der Waals surface area contributed by atoms with Crippen LogP contribution in [-0.4, -0.2) is 38.0 Å². The van der Waals surface area contributed by atoms with E-state index in [-0.39, 0.29) is 17.1 Å². The van der Waals surface area contributed by atoms with Gasteiger partial charge in [-0.1, -0.05) is 24.3 Å². The summed E-state index contributed by atoms with van der Waals surface area (Å²) in [7, 11) is 0. The summed E-state index contributed by atoms with van der Waals surface area (Å²) in [6.07, 6.45) is 3.30. The van der Waals surface area contributed by atoms with E-state index in [9.17, 15) is 24.5 Å². The number of nitrogens with zero attached hydrogens (tertiary/aromatic N) is 3. The highest BCUT2D eigenvalue weighted by molar-refractivity contribution is 8.18. The molecular weight excluding hydrogens is 468 g/mol. The number of imide groups is 1. The topological polar surface area (TPSA) is 115 Å². The van der Waals surface area contributed by atoms with Gasteiger partial charge in [0, 0.05) is 29.2 Å². The Morgan fingerprint density at radius 1 is 1.09 bits per heavy atom. The minimum Gasteiger partial charge on any atom is -0.343 e. The Kier molecular flexibility index (Phi) is 6.83. The molecular formula is C25H22N4O5S. The summed E-state index contributed by atoms with van der Waals surface area (Å²) < 4.78 is 1.75. The fraction of sp³-hybridized carbons (Fsp3) is 0.160. The standard InChI is InChI=1S/C25H22N4O5S/c1-16-10-17(2)12-19(11-16)26-23(30)15-28-24(31)22(35-25(28)32)13-20-7-5-9-27(20)14-18-6-3-4-8-21(18)29(33)34/h3-13H,14-15H2,1-2H3,(H,26,30)/b22-13+. The molecule has 2 aromatic carbocycles. The van der Waals surface area contributed by atoms with E-state index in [0.717, 1.165) is 27.8 Å². The first kappa shape index (κ1) is 24.0. The van der Waals surface area contributed by atoms with Gasteiger partial charge in [0.1, 0.15) is 6.54 Å². The van der Waals surface area contributed by atoms with Crippen molar-refractivity contribution in [1.82, 2.24) is 9.47 Å². The molecule has 0 spiro atoms. The zero-order chi connectivity index (χ0) is 25.1. The van der Waals surface area contributed by atoms with Crippen molar-refractivity contribution in [2.24, 2.45) is 0 Å². The van der Waals surface area contributed by atoms with Gasteiger partial charge in [0.2, 0.25) is 5.91 Å². The lowest BCUT2D eigenvalue weighted by molar-refractivity contribution is -0.385. The molecule has 0 bridgehead atoms. The van der Waals surface area contributed by atoms with Gasteiger partial charge in [0.05, 0.1) is 16.4 Å². The number of amides is 3. The Morgan fingerprint density at radius 2 is 1.80 bits per heavy atom. The minimum atomic E-state index is -0.561.